The predicted molar refractivity (Wildman–Crippen MR) is 72.5 cm³/mol. The molecule has 0 aromatic heterocycles. The normalized spacial score (nSPS) is 19.4. The number of rotatable bonds is 5. The summed E-state index contributed by atoms with van der Waals surface area (Å²) in [6.45, 7) is 2.18. The summed E-state index contributed by atoms with van der Waals surface area (Å²) in [5, 5.41) is 9.15. The van der Waals surface area contributed by atoms with Crippen LogP contribution in [0.15, 0.2) is 30.3 Å². The fourth-order valence-electron chi connectivity index (χ4n) is 2.36. The molecule has 1 aliphatic heterocycles. The SMILES string of the molecule is O=C(COCc1ccccc1)N1CCCC(CO)C1. The maximum absolute atomic E-state index is 12.0. The molecule has 4 nitrogen and oxygen atoms in total. The van der Waals surface area contributed by atoms with E-state index in [1.54, 1.807) is 4.90 Å². The summed E-state index contributed by atoms with van der Waals surface area (Å²) < 4.78 is 5.45. The average molecular weight is 263 g/mol. The molecule has 0 bridgehead atoms. The number of ether oxygens (including phenoxy) is 1. The molecule has 19 heavy (non-hydrogen) atoms. The van der Waals surface area contributed by atoms with Gasteiger partial charge in [0.1, 0.15) is 6.61 Å². The highest BCUT2D eigenvalue weighted by Gasteiger charge is 2.22. The summed E-state index contributed by atoms with van der Waals surface area (Å²) in [7, 11) is 0. The lowest BCUT2D eigenvalue weighted by Gasteiger charge is -2.31. The summed E-state index contributed by atoms with van der Waals surface area (Å²) in [6, 6.07) is 9.83. The lowest BCUT2D eigenvalue weighted by atomic mass is 9.99. The van der Waals surface area contributed by atoms with Crippen LogP contribution in [0, 0.1) is 5.92 Å². The first-order valence-electron chi connectivity index (χ1n) is 6.80. The number of aliphatic hydroxyl groups is 1. The molecule has 1 amide bonds. The Morgan fingerprint density at radius 1 is 1.37 bits per heavy atom. The molecule has 104 valence electrons. The zero-order chi connectivity index (χ0) is 13.5. The van der Waals surface area contributed by atoms with Crippen LogP contribution in [-0.2, 0) is 16.1 Å². The van der Waals surface area contributed by atoms with E-state index in [1.807, 2.05) is 30.3 Å². The van der Waals surface area contributed by atoms with Gasteiger partial charge >= 0.3 is 0 Å². The first-order valence-corrected chi connectivity index (χ1v) is 6.80. The van der Waals surface area contributed by atoms with Crippen molar-refractivity contribution >= 4 is 5.91 Å². The van der Waals surface area contributed by atoms with Gasteiger partial charge in [-0.25, -0.2) is 0 Å². The van der Waals surface area contributed by atoms with Gasteiger partial charge in [-0.15, -0.1) is 0 Å². The minimum atomic E-state index is 0.0223. The van der Waals surface area contributed by atoms with E-state index in [2.05, 4.69) is 0 Å². The van der Waals surface area contributed by atoms with Crippen molar-refractivity contribution in [3.63, 3.8) is 0 Å². The minimum absolute atomic E-state index is 0.0223. The van der Waals surface area contributed by atoms with Crippen molar-refractivity contribution in [2.75, 3.05) is 26.3 Å². The van der Waals surface area contributed by atoms with E-state index in [9.17, 15) is 4.79 Å². The van der Waals surface area contributed by atoms with E-state index in [4.69, 9.17) is 9.84 Å². The van der Waals surface area contributed by atoms with Crippen LogP contribution in [0.25, 0.3) is 0 Å². The van der Waals surface area contributed by atoms with Gasteiger partial charge in [0, 0.05) is 19.7 Å². The molecule has 0 saturated carbocycles. The zero-order valence-corrected chi connectivity index (χ0v) is 11.1. The number of likely N-dealkylation sites (tertiary alicyclic amines) is 1. The van der Waals surface area contributed by atoms with Crippen LogP contribution in [0.2, 0.25) is 0 Å². The van der Waals surface area contributed by atoms with Crippen molar-refractivity contribution in [1.29, 1.82) is 0 Å². The number of nitrogens with zero attached hydrogens (tertiary/aromatic N) is 1. The number of hydrogen-bond donors (Lipinski definition) is 1. The van der Waals surface area contributed by atoms with E-state index in [-0.39, 0.29) is 25.0 Å². The predicted octanol–water partition coefficient (Wildman–Crippen LogP) is 1.43. The number of benzene rings is 1. The first-order chi connectivity index (χ1) is 9.29. The second-order valence-electron chi connectivity index (χ2n) is 5.01. The molecule has 1 heterocycles. The molecule has 1 fully saturated rings. The molecule has 1 N–H and O–H groups in total. The van der Waals surface area contributed by atoms with Gasteiger partial charge in [-0.1, -0.05) is 30.3 Å². The van der Waals surface area contributed by atoms with Crippen molar-refractivity contribution in [2.24, 2.45) is 5.92 Å². The molecule has 1 aromatic rings. The van der Waals surface area contributed by atoms with Gasteiger partial charge < -0.3 is 14.7 Å². The van der Waals surface area contributed by atoms with Gasteiger partial charge in [-0.3, -0.25) is 4.79 Å². The molecule has 1 saturated heterocycles. The third-order valence-electron chi connectivity index (χ3n) is 3.47. The summed E-state index contributed by atoms with van der Waals surface area (Å²) in [4.78, 5) is 13.8. The molecular weight excluding hydrogens is 242 g/mol. The Morgan fingerprint density at radius 2 is 2.16 bits per heavy atom. The molecular formula is C15H21NO3. The summed E-state index contributed by atoms with van der Waals surface area (Å²) in [5.41, 5.74) is 1.07. The topological polar surface area (TPSA) is 49.8 Å². The van der Waals surface area contributed by atoms with E-state index < -0.39 is 0 Å². The van der Waals surface area contributed by atoms with Crippen molar-refractivity contribution in [3.05, 3.63) is 35.9 Å². The molecule has 0 aliphatic carbocycles. The second-order valence-corrected chi connectivity index (χ2v) is 5.01. The van der Waals surface area contributed by atoms with Crippen LogP contribution >= 0.6 is 0 Å². The Balaban J connectivity index is 1.72. The quantitative estimate of drug-likeness (QED) is 0.874. The number of piperidine rings is 1. The molecule has 0 spiro atoms. The molecule has 1 unspecified atom stereocenters. The number of amides is 1. The summed E-state index contributed by atoms with van der Waals surface area (Å²) in [6.07, 6.45) is 1.97. The number of carbonyl (C=O) groups is 1. The standard InChI is InChI=1S/C15H21NO3/c17-10-14-7-4-8-16(9-14)15(18)12-19-11-13-5-2-1-3-6-13/h1-3,5-6,14,17H,4,7-12H2. The Hall–Kier alpha value is -1.39. The van der Waals surface area contributed by atoms with Crippen LogP contribution in [0.4, 0.5) is 0 Å². The highest BCUT2D eigenvalue weighted by Crippen LogP contribution is 2.15. The number of aliphatic hydroxyl groups excluding tert-OH is 1. The zero-order valence-electron chi connectivity index (χ0n) is 11.1. The molecule has 0 radical (unpaired) electrons. The summed E-state index contributed by atoms with van der Waals surface area (Å²) in [5.74, 6) is 0.251. The Kier molecular flexibility index (Phi) is 5.36. The monoisotopic (exact) mass is 263 g/mol. The van der Waals surface area contributed by atoms with Gasteiger partial charge in [0.15, 0.2) is 0 Å². The molecule has 2 rings (SSSR count). The lowest BCUT2D eigenvalue weighted by Crippen LogP contribution is -2.42. The van der Waals surface area contributed by atoms with E-state index in [0.29, 0.717) is 13.2 Å². The molecule has 1 aromatic carbocycles. The van der Waals surface area contributed by atoms with E-state index in [0.717, 1.165) is 24.9 Å². The Bertz CT molecular complexity index is 394. The van der Waals surface area contributed by atoms with Crippen molar-refractivity contribution in [2.45, 2.75) is 19.4 Å². The van der Waals surface area contributed by atoms with Gasteiger partial charge in [0.25, 0.3) is 0 Å². The van der Waals surface area contributed by atoms with Crippen molar-refractivity contribution in [3.8, 4) is 0 Å². The van der Waals surface area contributed by atoms with Crippen LogP contribution in [0.5, 0.6) is 0 Å². The van der Waals surface area contributed by atoms with Crippen LogP contribution < -0.4 is 0 Å². The van der Waals surface area contributed by atoms with Gasteiger partial charge in [0.05, 0.1) is 6.61 Å². The highest BCUT2D eigenvalue weighted by molar-refractivity contribution is 5.77. The summed E-state index contributed by atoms with van der Waals surface area (Å²) >= 11 is 0. The largest absolute Gasteiger partial charge is 0.396 e. The average Bonchev–Trinajstić information content (AvgIpc) is 2.48. The van der Waals surface area contributed by atoms with Gasteiger partial charge in [-0.05, 0) is 24.3 Å². The van der Waals surface area contributed by atoms with Gasteiger partial charge in [-0.2, -0.15) is 0 Å². The van der Waals surface area contributed by atoms with Crippen molar-refractivity contribution < 1.29 is 14.6 Å². The smallest absolute Gasteiger partial charge is 0.248 e. The highest BCUT2D eigenvalue weighted by atomic mass is 16.5. The van der Waals surface area contributed by atoms with Crippen LogP contribution in [-0.4, -0.2) is 42.2 Å². The van der Waals surface area contributed by atoms with Crippen LogP contribution in [0.1, 0.15) is 18.4 Å². The minimum Gasteiger partial charge on any atom is -0.396 e. The molecule has 1 aliphatic rings. The Labute approximate surface area is 114 Å². The third kappa shape index (κ3) is 4.33. The molecule has 4 heteroatoms. The fourth-order valence-corrected chi connectivity index (χ4v) is 2.36. The van der Waals surface area contributed by atoms with E-state index >= 15 is 0 Å². The lowest BCUT2D eigenvalue weighted by molar-refractivity contribution is -0.138. The first kappa shape index (κ1) is 14.0. The second kappa shape index (κ2) is 7.26. The fraction of sp³-hybridized carbons (Fsp3) is 0.533. The number of carbonyl (C=O) groups excluding carboxylic acids is 1. The van der Waals surface area contributed by atoms with Crippen LogP contribution in [0.3, 0.4) is 0 Å². The third-order valence-corrected chi connectivity index (χ3v) is 3.47. The van der Waals surface area contributed by atoms with Gasteiger partial charge in [0.2, 0.25) is 5.91 Å². The van der Waals surface area contributed by atoms with Crippen molar-refractivity contribution in [1.82, 2.24) is 4.90 Å². The maximum atomic E-state index is 12.0. The van der Waals surface area contributed by atoms with E-state index in [1.165, 1.54) is 0 Å². The number of hydrogen-bond acceptors (Lipinski definition) is 3. The maximum Gasteiger partial charge on any atom is 0.248 e. The molecule has 1 atom stereocenters. The Morgan fingerprint density at radius 3 is 2.89 bits per heavy atom.